The number of nitrogens with one attached hydrogen (secondary N) is 1. The number of aryl methyl sites for hydroxylation is 1. The zero-order valence-corrected chi connectivity index (χ0v) is 13.6. The zero-order chi connectivity index (χ0) is 17.1. The van der Waals surface area contributed by atoms with Crippen molar-refractivity contribution >= 4 is 23.2 Å². The van der Waals surface area contributed by atoms with Crippen molar-refractivity contribution in [1.82, 2.24) is 20.1 Å². The molecule has 0 fully saturated rings. The standard InChI is InChI=1S/C15H16ClN5O3/c16-10-5-6-11(12(8-10)21(23)24)15(22)17-9-14-19-18-13-4-2-1-3-7-20(13)14/h5-6,8H,1-4,7,9H2,(H,17,22). The Morgan fingerprint density at radius 1 is 1.33 bits per heavy atom. The fourth-order valence-corrected chi connectivity index (χ4v) is 2.94. The van der Waals surface area contributed by atoms with Gasteiger partial charge in [-0.05, 0) is 25.0 Å². The SMILES string of the molecule is O=C(NCc1nnc2n1CCCCC2)c1ccc(Cl)cc1[N+](=O)[O-]. The summed E-state index contributed by atoms with van der Waals surface area (Å²) in [4.78, 5) is 22.8. The highest BCUT2D eigenvalue weighted by atomic mass is 35.5. The van der Waals surface area contributed by atoms with Gasteiger partial charge >= 0.3 is 0 Å². The number of hydrogen-bond donors (Lipinski definition) is 1. The molecule has 0 bridgehead atoms. The summed E-state index contributed by atoms with van der Waals surface area (Å²) in [7, 11) is 0. The molecule has 1 aliphatic heterocycles. The number of aromatic nitrogens is 3. The number of rotatable bonds is 4. The molecule has 1 aromatic heterocycles. The Morgan fingerprint density at radius 3 is 2.96 bits per heavy atom. The van der Waals surface area contributed by atoms with Gasteiger partial charge in [-0.1, -0.05) is 18.0 Å². The van der Waals surface area contributed by atoms with Gasteiger partial charge in [-0.15, -0.1) is 10.2 Å². The normalized spacial score (nSPS) is 13.9. The maximum Gasteiger partial charge on any atom is 0.283 e. The van der Waals surface area contributed by atoms with Gasteiger partial charge < -0.3 is 9.88 Å². The van der Waals surface area contributed by atoms with E-state index in [0.29, 0.717) is 5.82 Å². The molecular weight excluding hydrogens is 334 g/mol. The maximum absolute atomic E-state index is 12.3. The molecule has 1 aliphatic rings. The lowest BCUT2D eigenvalue weighted by molar-refractivity contribution is -0.385. The molecule has 0 saturated carbocycles. The Labute approximate surface area is 143 Å². The van der Waals surface area contributed by atoms with Crippen LogP contribution >= 0.6 is 11.6 Å². The first-order chi connectivity index (χ1) is 11.6. The van der Waals surface area contributed by atoms with Crippen LogP contribution in [0.25, 0.3) is 0 Å². The molecule has 0 aliphatic carbocycles. The average molecular weight is 350 g/mol. The van der Waals surface area contributed by atoms with Crippen molar-refractivity contribution in [2.75, 3.05) is 0 Å². The molecule has 2 aromatic rings. The molecule has 1 aromatic carbocycles. The number of nitro benzene ring substituents is 1. The number of carbonyl (C=O) groups is 1. The van der Waals surface area contributed by atoms with Crippen molar-refractivity contribution in [2.24, 2.45) is 0 Å². The number of amides is 1. The Balaban J connectivity index is 1.75. The third kappa shape index (κ3) is 3.38. The van der Waals surface area contributed by atoms with Gasteiger partial charge in [0.25, 0.3) is 11.6 Å². The van der Waals surface area contributed by atoms with Gasteiger partial charge in [0.2, 0.25) is 0 Å². The number of halogens is 1. The highest BCUT2D eigenvalue weighted by Crippen LogP contribution is 2.23. The lowest BCUT2D eigenvalue weighted by atomic mass is 10.1. The molecule has 0 saturated heterocycles. The summed E-state index contributed by atoms with van der Waals surface area (Å²) in [5, 5.41) is 22.2. The number of benzene rings is 1. The second-order valence-corrected chi connectivity index (χ2v) is 6.03. The number of carbonyl (C=O) groups excluding carboxylic acids is 1. The van der Waals surface area contributed by atoms with E-state index in [0.717, 1.165) is 38.1 Å². The fraction of sp³-hybridized carbons (Fsp3) is 0.400. The Kier molecular flexibility index (Phi) is 4.75. The summed E-state index contributed by atoms with van der Waals surface area (Å²) in [6, 6.07) is 3.96. The highest BCUT2D eigenvalue weighted by Gasteiger charge is 2.21. The minimum Gasteiger partial charge on any atom is -0.345 e. The quantitative estimate of drug-likeness (QED) is 0.674. The van der Waals surface area contributed by atoms with Gasteiger partial charge in [-0.25, -0.2) is 0 Å². The summed E-state index contributed by atoms with van der Waals surface area (Å²) in [5.41, 5.74) is -0.347. The van der Waals surface area contributed by atoms with Crippen LogP contribution in [0.1, 0.15) is 41.3 Å². The van der Waals surface area contributed by atoms with E-state index in [4.69, 9.17) is 11.6 Å². The van der Waals surface area contributed by atoms with Crippen molar-refractivity contribution in [2.45, 2.75) is 38.8 Å². The van der Waals surface area contributed by atoms with Crippen LogP contribution in [-0.4, -0.2) is 25.6 Å². The summed E-state index contributed by atoms with van der Waals surface area (Å²) in [5.74, 6) is 1.05. The first kappa shape index (κ1) is 16.4. The molecular formula is C15H16ClN5O3. The second-order valence-electron chi connectivity index (χ2n) is 5.60. The molecule has 9 heteroatoms. The van der Waals surface area contributed by atoms with Crippen LogP contribution < -0.4 is 5.32 Å². The van der Waals surface area contributed by atoms with E-state index in [9.17, 15) is 14.9 Å². The number of hydrogen-bond acceptors (Lipinski definition) is 5. The Morgan fingerprint density at radius 2 is 2.17 bits per heavy atom. The molecule has 0 spiro atoms. The topological polar surface area (TPSA) is 103 Å². The largest absolute Gasteiger partial charge is 0.345 e. The second kappa shape index (κ2) is 6.96. The van der Waals surface area contributed by atoms with E-state index >= 15 is 0 Å². The van der Waals surface area contributed by atoms with E-state index in [1.165, 1.54) is 18.2 Å². The van der Waals surface area contributed by atoms with Crippen molar-refractivity contribution in [1.29, 1.82) is 0 Å². The monoisotopic (exact) mass is 349 g/mol. The third-order valence-electron chi connectivity index (χ3n) is 3.99. The van der Waals surface area contributed by atoms with Gasteiger partial charge in [0.1, 0.15) is 11.4 Å². The lowest BCUT2D eigenvalue weighted by Crippen LogP contribution is -2.25. The molecule has 8 nitrogen and oxygen atoms in total. The van der Waals surface area contributed by atoms with Crippen LogP contribution in [0.5, 0.6) is 0 Å². The predicted molar refractivity (Wildman–Crippen MR) is 86.9 cm³/mol. The van der Waals surface area contributed by atoms with Crippen LogP contribution in [0.3, 0.4) is 0 Å². The van der Waals surface area contributed by atoms with E-state index in [2.05, 4.69) is 15.5 Å². The van der Waals surface area contributed by atoms with E-state index < -0.39 is 10.8 Å². The highest BCUT2D eigenvalue weighted by molar-refractivity contribution is 6.31. The van der Waals surface area contributed by atoms with Crippen molar-refractivity contribution in [3.05, 3.63) is 50.5 Å². The number of fused-ring (bicyclic) bond motifs is 1. The summed E-state index contributed by atoms with van der Waals surface area (Å²) in [6.07, 6.45) is 4.16. The van der Waals surface area contributed by atoms with Crippen LogP contribution in [0.4, 0.5) is 5.69 Å². The zero-order valence-electron chi connectivity index (χ0n) is 12.9. The summed E-state index contributed by atoms with van der Waals surface area (Å²) < 4.78 is 2.02. The predicted octanol–water partition coefficient (Wildman–Crippen LogP) is 2.50. The average Bonchev–Trinajstić information content (AvgIpc) is 2.79. The Bertz CT molecular complexity index is 789. The van der Waals surface area contributed by atoms with Gasteiger partial charge in [0, 0.05) is 24.1 Å². The van der Waals surface area contributed by atoms with Crippen LogP contribution in [0, 0.1) is 10.1 Å². The molecule has 24 heavy (non-hydrogen) atoms. The smallest absolute Gasteiger partial charge is 0.283 e. The van der Waals surface area contributed by atoms with Gasteiger partial charge in [-0.2, -0.15) is 0 Å². The molecule has 0 unspecified atom stereocenters. The van der Waals surface area contributed by atoms with Gasteiger partial charge in [0.15, 0.2) is 5.82 Å². The summed E-state index contributed by atoms with van der Waals surface area (Å²) in [6.45, 7) is 1.00. The minimum absolute atomic E-state index is 0.0278. The van der Waals surface area contributed by atoms with Crippen LogP contribution in [0.15, 0.2) is 18.2 Å². The molecule has 0 radical (unpaired) electrons. The third-order valence-corrected chi connectivity index (χ3v) is 4.23. The molecule has 0 atom stereocenters. The molecule has 1 amide bonds. The number of nitrogens with zero attached hydrogens (tertiary/aromatic N) is 4. The maximum atomic E-state index is 12.3. The molecule has 3 rings (SSSR count). The van der Waals surface area contributed by atoms with Gasteiger partial charge in [-0.3, -0.25) is 14.9 Å². The molecule has 2 heterocycles. The molecule has 1 N–H and O–H groups in total. The number of nitro groups is 1. The minimum atomic E-state index is -0.621. The lowest BCUT2D eigenvalue weighted by Gasteiger charge is -2.08. The van der Waals surface area contributed by atoms with Crippen LogP contribution in [-0.2, 0) is 19.5 Å². The summed E-state index contributed by atoms with van der Waals surface area (Å²) >= 11 is 5.76. The first-order valence-corrected chi connectivity index (χ1v) is 8.07. The molecule has 126 valence electrons. The van der Waals surface area contributed by atoms with E-state index in [1.54, 1.807) is 0 Å². The van der Waals surface area contributed by atoms with Crippen molar-refractivity contribution in [3.63, 3.8) is 0 Å². The van der Waals surface area contributed by atoms with Gasteiger partial charge in [0.05, 0.1) is 11.5 Å². The van der Waals surface area contributed by atoms with Crippen molar-refractivity contribution < 1.29 is 9.72 Å². The first-order valence-electron chi connectivity index (χ1n) is 7.69. The van der Waals surface area contributed by atoms with E-state index in [-0.39, 0.29) is 22.8 Å². The van der Waals surface area contributed by atoms with Crippen LogP contribution in [0.2, 0.25) is 5.02 Å². The van der Waals surface area contributed by atoms with E-state index in [1.807, 2.05) is 4.57 Å². The fourth-order valence-electron chi connectivity index (χ4n) is 2.78. The Hall–Kier alpha value is -2.48. The van der Waals surface area contributed by atoms with Crippen molar-refractivity contribution in [3.8, 4) is 0 Å².